The number of rotatable bonds is 6. The van der Waals surface area contributed by atoms with Crippen molar-refractivity contribution in [2.45, 2.75) is 31.8 Å². The molecule has 3 aromatic rings. The van der Waals surface area contributed by atoms with Crippen molar-refractivity contribution < 1.29 is 41.4 Å². The second kappa shape index (κ2) is 12.5. The molecule has 0 unspecified atom stereocenters. The zero-order valence-electron chi connectivity index (χ0n) is 22.4. The van der Waals surface area contributed by atoms with Gasteiger partial charge in [0.25, 0.3) is 10.0 Å². The Morgan fingerprint density at radius 3 is 2.00 bits per heavy atom. The largest absolute Gasteiger partial charge is 0.490 e. The first-order valence-corrected chi connectivity index (χ1v) is 13.8. The number of nitrogens with zero attached hydrogens (tertiary/aromatic N) is 3. The Balaban J connectivity index is 0.000000587. The molecular weight excluding hydrogens is 565 g/mol. The lowest BCUT2D eigenvalue weighted by molar-refractivity contribution is -0.192. The molecule has 1 fully saturated rings. The monoisotopic (exact) mass is 594 g/mol. The van der Waals surface area contributed by atoms with Gasteiger partial charge in [0.15, 0.2) is 0 Å². The van der Waals surface area contributed by atoms with E-state index in [1.54, 1.807) is 25.3 Å². The molecule has 0 atom stereocenters. The molecule has 3 N–H and O–H groups in total. The van der Waals surface area contributed by atoms with Crippen molar-refractivity contribution in [2.75, 3.05) is 40.7 Å². The highest BCUT2D eigenvalue weighted by molar-refractivity contribution is 7.92. The number of piperazine rings is 1. The summed E-state index contributed by atoms with van der Waals surface area (Å²) in [6.45, 7) is 8.25. The van der Waals surface area contributed by atoms with Gasteiger partial charge in [-0.25, -0.2) is 23.0 Å². The molecular formula is C27H29F3N4O6S. The molecule has 1 aromatic heterocycles. The lowest BCUT2D eigenvalue weighted by Gasteiger charge is -2.37. The Morgan fingerprint density at radius 2 is 1.46 bits per heavy atom. The minimum atomic E-state index is -5.08. The van der Waals surface area contributed by atoms with E-state index in [0.717, 1.165) is 16.9 Å². The number of hydrogen-bond acceptors (Lipinski definition) is 7. The van der Waals surface area contributed by atoms with Crippen molar-refractivity contribution in [1.82, 2.24) is 4.98 Å². The number of benzene rings is 2. The van der Waals surface area contributed by atoms with Crippen LogP contribution in [0.3, 0.4) is 0 Å². The average Bonchev–Trinajstić information content (AvgIpc) is 2.91. The van der Waals surface area contributed by atoms with Crippen molar-refractivity contribution in [3.63, 3.8) is 0 Å². The number of carbonyl (C=O) groups is 2. The molecule has 2 heterocycles. The fraction of sp³-hybridized carbons (Fsp3) is 0.296. The van der Waals surface area contributed by atoms with E-state index in [-0.39, 0.29) is 16.1 Å². The maximum atomic E-state index is 13.3. The topological polar surface area (TPSA) is 140 Å². The quantitative estimate of drug-likeness (QED) is 0.377. The molecule has 10 nitrogen and oxygen atoms in total. The summed E-state index contributed by atoms with van der Waals surface area (Å²) in [6, 6.07) is 13.8. The highest BCUT2D eigenvalue weighted by Gasteiger charge is 2.38. The summed E-state index contributed by atoms with van der Waals surface area (Å²) in [5.74, 6) is -2.98. The number of carboxylic acid groups (broad SMARTS) is 2. The Labute approximate surface area is 235 Å². The van der Waals surface area contributed by atoms with Crippen LogP contribution in [0.1, 0.15) is 27.0 Å². The van der Waals surface area contributed by atoms with Gasteiger partial charge in [0.2, 0.25) is 0 Å². The number of hydrogen-bond donors (Lipinski definition) is 3. The number of nitrogens with one attached hydrogen (secondary N) is 1. The molecule has 2 aromatic carbocycles. The second-order valence-electron chi connectivity index (χ2n) is 9.31. The lowest BCUT2D eigenvalue weighted by atomic mass is 10.1. The standard InChI is InChI=1S/C25H28N4O4S.C2HF3O2/c1-17-14-19(3)23(15-18(17)2)34(32,33)27-21-16-20(25(30)31)7-8-22(21)28-10-12-29(13-11-28)24-6-4-5-9-26-24;3-2(4,5)1(6)7/h4-9,14-16,27H,10-13H2,1-3H3,(H,30,31);(H,6,7). The van der Waals surface area contributed by atoms with Gasteiger partial charge in [-0.15, -0.1) is 0 Å². The van der Waals surface area contributed by atoms with Crippen LogP contribution < -0.4 is 14.5 Å². The molecule has 4 rings (SSSR count). The molecule has 0 aliphatic carbocycles. The highest BCUT2D eigenvalue weighted by Crippen LogP contribution is 2.32. The van der Waals surface area contributed by atoms with E-state index in [1.807, 2.05) is 38.1 Å². The number of alkyl halides is 3. The van der Waals surface area contributed by atoms with E-state index in [0.29, 0.717) is 37.4 Å². The SMILES string of the molecule is Cc1cc(C)c(S(=O)(=O)Nc2cc(C(=O)O)ccc2N2CCN(c3ccccn3)CC2)cc1C.O=C(O)C(F)(F)F. The Hall–Kier alpha value is -4.33. The van der Waals surface area contributed by atoms with Gasteiger partial charge < -0.3 is 20.0 Å². The normalized spacial score (nSPS) is 13.7. The summed E-state index contributed by atoms with van der Waals surface area (Å²) in [7, 11) is -3.93. The van der Waals surface area contributed by atoms with Gasteiger partial charge in [-0.2, -0.15) is 13.2 Å². The molecule has 1 aliphatic rings. The van der Waals surface area contributed by atoms with Crippen LogP contribution in [0.4, 0.5) is 30.4 Å². The number of aliphatic carboxylic acids is 1. The summed E-state index contributed by atoms with van der Waals surface area (Å²) < 4.78 is 61.1. The number of aryl methyl sites for hydroxylation is 3. The zero-order valence-corrected chi connectivity index (χ0v) is 23.3. The maximum Gasteiger partial charge on any atom is 0.490 e. The predicted molar refractivity (Wildman–Crippen MR) is 147 cm³/mol. The molecule has 14 heteroatoms. The number of anilines is 3. The van der Waals surface area contributed by atoms with Gasteiger partial charge in [0.1, 0.15) is 5.82 Å². The summed E-state index contributed by atoms with van der Waals surface area (Å²) in [6.07, 6.45) is -3.33. The smallest absolute Gasteiger partial charge is 0.478 e. The number of carboxylic acids is 2. The summed E-state index contributed by atoms with van der Waals surface area (Å²) in [5.41, 5.74) is 3.44. The van der Waals surface area contributed by atoms with Crippen LogP contribution in [0.2, 0.25) is 0 Å². The van der Waals surface area contributed by atoms with Crippen LogP contribution in [0.5, 0.6) is 0 Å². The highest BCUT2D eigenvalue weighted by atomic mass is 32.2. The zero-order chi connectivity index (χ0) is 30.5. The van der Waals surface area contributed by atoms with E-state index in [9.17, 15) is 31.5 Å². The van der Waals surface area contributed by atoms with Gasteiger partial charge in [0, 0.05) is 32.4 Å². The number of halogens is 3. The summed E-state index contributed by atoms with van der Waals surface area (Å²) >= 11 is 0. The van der Waals surface area contributed by atoms with Crippen molar-refractivity contribution in [3.05, 3.63) is 77.0 Å². The van der Waals surface area contributed by atoms with Crippen molar-refractivity contribution in [1.29, 1.82) is 0 Å². The molecule has 0 spiro atoms. The molecule has 0 amide bonds. The van der Waals surface area contributed by atoms with E-state index < -0.39 is 28.1 Å². The molecule has 1 aliphatic heterocycles. The summed E-state index contributed by atoms with van der Waals surface area (Å²) in [4.78, 5) is 29.3. The van der Waals surface area contributed by atoms with Crippen LogP contribution in [-0.2, 0) is 14.8 Å². The first-order valence-electron chi connectivity index (χ1n) is 12.3. The molecule has 0 bridgehead atoms. The Morgan fingerprint density at radius 1 is 0.878 bits per heavy atom. The number of pyridine rings is 1. The third-order valence-electron chi connectivity index (χ3n) is 6.40. The van der Waals surface area contributed by atoms with Crippen LogP contribution in [0.15, 0.2) is 59.6 Å². The van der Waals surface area contributed by atoms with E-state index in [2.05, 4.69) is 19.5 Å². The van der Waals surface area contributed by atoms with E-state index in [4.69, 9.17) is 9.90 Å². The predicted octanol–water partition coefficient (Wildman–Crippen LogP) is 4.47. The number of aromatic carboxylic acids is 1. The number of aromatic nitrogens is 1. The van der Waals surface area contributed by atoms with Crippen molar-refractivity contribution >= 4 is 39.2 Å². The van der Waals surface area contributed by atoms with Crippen LogP contribution in [-0.4, -0.2) is 67.9 Å². The van der Waals surface area contributed by atoms with E-state index in [1.165, 1.54) is 12.1 Å². The maximum absolute atomic E-state index is 13.3. The molecule has 0 radical (unpaired) electrons. The second-order valence-corrected chi connectivity index (χ2v) is 11.0. The fourth-order valence-electron chi connectivity index (χ4n) is 4.17. The lowest BCUT2D eigenvalue weighted by Crippen LogP contribution is -2.47. The van der Waals surface area contributed by atoms with Crippen molar-refractivity contribution in [3.8, 4) is 0 Å². The van der Waals surface area contributed by atoms with Gasteiger partial charge >= 0.3 is 18.1 Å². The minimum absolute atomic E-state index is 0.0189. The van der Waals surface area contributed by atoms with Crippen molar-refractivity contribution in [2.24, 2.45) is 0 Å². The summed E-state index contributed by atoms with van der Waals surface area (Å²) in [5, 5.41) is 16.6. The fourth-order valence-corrected chi connectivity index (χ4v) is 5.54. The van der Waals surface area contributed by atoms with Gasteiger partial charge in [-0.3, -0.25) is 4.72 Å². The van der Waals surface area contributed by atoms with Gasteiger partial charge in [-0.05, 0) is 73.9 Å². The third-order valence-corrected chi connectivity index (χ3v) is 7.91. The molecule has 41 heavy (non-hydrogen) atoms. The minimum Gasteiger partial charge on any atom is -0.478 e. The molecule has 220 valence electrons. The van der Waals surface area contributed by atoms with Gasteiger partial charge in [0.05, 0.1) is 21.8 Å². The third kappa shape index (κ3) is 7.87. The Bertz CT molecular complexity index is 1520. The van der Waals surface area contributed by atoms with Crippen LogP contribution in [0, 0.1) is 20.8 Å². The Kier molecular flexibility index (Phi) is 9.48. The molecule has 1 saturated heterocycles. The first kappa shape index (κ1) is 31.2. The van der Waals surface area contributed by atoms with E-state index >= 15 is 0 Å². The van der Waals surface area contributed by atoms with Crippen LogP contribution in [0.25, 0.3) is 0 Å². The van der Waals surface area contributed by atoms with Crippen LogP contribution >= 0.6 is 0 Å². The first-order chi connectivity index (χ1) is 19.1. The molecule has 0 saturated carbocycles. The average molecular weight is 595 g/mol. The number of sulfonamides is 1. The van der Waals surface area contributed by atoms with Gasteiger partial charge in [-0.1, -0.05) is 12.1 Å².